The summed E-state index contributed by atoms with van der Waals surface area (Å²) in [7, 11) is 4.80. The fourth-order valence-electron chi connectivity index (χ4n) is 2.85. The molecule has 0 spiro atoms. The minimum absolute atomic E-state index is 0.198. The highest BCUT2D eigenvalue weighted by Gasteiger charge is 2.33. The maximum atomic E-state index is 6.00. The molecule has 4 nitrogen and oxygen atoms in total. The highest BCUT2D eigenvalue weighted by molar-refractivity contribution is 7.80. The number of rotatable bonds is 7. The van der Waals surface area contributed by atoms with E-state index in [1.807, 2.05) is 12.1 Å². The zero-order chi connectivity index (χ0) is 15.3. The van der Waals surface area contributed by atoms with Crippen LogP contribution in [0.2, 0.25) is 0 Å². The number of methoxy groups -OCH3 is 3. The second kappa shape index (κ2) is 7.16. The van der Waals surface area contributed by atoms with Crippen molar-refractivity contribution < 1.29 is 18.9 Å². The van der Waals surface area contributed by atoms with Gasteiger partial charge in [-0.1, -0.05) is 12.8 Å². The smallest absolute Gasteiger partial charge is 0.203 e. The molecule has 118 valence electrons. The molecule has 2 rings (SSSR count). The van der Waals surface area contributed by atoms with Crippen molar-refractivity contribution >= 4 is 12.6 Å². The zero-order valence-corrected chi connectivity index (χ0v) is 13.9. The summed E-state index contributed by atoms with van der Waals surface area (Å²) in [4.78, 5) is 0. The van der Waals surface area contributed by atoms with Gasteiger partial charge < -0.3 is 18.9 Å². The quantitative estimate of drug-likeness (QED) is 0.781. The van der Waals surface area contributed by atoms with E-state index in [1.54, 1.807) is 21.3 Å². The van der Waals surface area contributed by atoms with Gasteiger partial charge in [-0.2, -0.15) is 12.6 Å². The van der Waals surface area contributed by atoms with Gasteiger partial charge in [0.25, 0.3) is 0 Å². The number of ether oxygens (including phenoxy) is 4. The summed E-state index contributed by atoms with van der Waals surface area (Å²) in [6.07, 6.45) is 4.89. The molecule has 1 aliphatic carbocycles. The molecule has 0 aromatic heterocycles. The number of hydrogen-bond acceptors (Lipinski definition) is 5. The van der Waals surface area contributed by atoms with E-state index in [1.165, 1.54) is 25.7 Å². The van der Waals surface area contributed by atoms with Crippen LogP contribution in [0.1, 0.15) is 25.7 Å². The lowest BCUT2D eigenvalue weighted by molar-refractivity contribution is 0.172. The summed E-state index contributed by atoms with van der Waals surface area (Å²) in [5, 5.41) is 0. The van der Waals surface area contributed by atoms with Gasteiger partial charge in [-0.25, -0.2) is 0 Å². The zero-order valence-electron chi connectivity index (χ0n) is 13.0. The van der Waals surface area contributed by atoms with Gasteiger partial charge in [0, 0.05) is 17.5 Å². The van der Waals surface area contributed by atoms with Gasteiger partial charge in [0.2, 0.25) is 5.75 Å². The molecule has 5 heteroatoms. The Kier molecular flexibility index (Phi) is 5.51. The third kappa shape index (κ3) is 3.51. The number of thiol groups is 1. The predicted octanol–water partition coefficient (Wildman–Crippen LogP) is 3.58. The lowest BCUT2D eigenvalue weighted by atomic mass is 9.90. The SMILES string of the molecule is COc1cc(OCC2(CS)CCCC2)cc(OC)c1OC. The van der Waals surface area contributed by atoms with Gasteiger partial charge in [0.15, 0.2) is 11.5 Å². The van der Waals surface area contributed by atoms with Crippen LogP contribution in [0.5, 0.6) is 23.0 Å². The molecule has 0 aliphatic heterocycles. The predicted molar refractivity (Wildman–Crippen MR) is 86.3 cm³/mol. The van der Waals surface area contributed by atoms with Crippen molar-refractivity contribution in [3.63, 3.8) is 0 Å². The summed E-state index contributed by atoms with van der Waals surface area (Å²) >= 11 is 4.51. The number of hydrogen-bond donors (Lipinski definition) is 1. The fraction of sp³-hybridized carbons (Fsp3) is 0.625. The van der Waals surface area contributed by atoms with Crippen molar-refractivity contribution in [2.24, 2.45) is 5.41 Å². The minimum atomic E-state index is 0.198. The van der Waals surface area contributed by atoms with Gasteiger partial charge in [0.05, 0.1) is 27.9 Å². The summed E-state index contributed by atoms with van der Waals surface area (Å²) in [5.41, 5.74) is 0.198. The molecule has 1 aromatic rings. The molecule has 0 atom stereocenters. The van der Waals surface area contributed by atoms with E-state index in [9.17, 15) is 0 Å². The molecule has 0 unspecified atom stereocenters. The first-order valence-corrected chi connectivity index (χ1v) is 7.85. The summed E-state index contributed by atoms with van der Waals surface area (Å²) in [6.45, 7) is 0.676. The first kappa shape index (κ1) is 16.1. The molecule has 1 aromatic carbocycles. The van der Waals surface area contributed by atoms with Crippen molar-refractivity contribution in [2.45, 2.75) is 25.7 Å². The largest absolute Gasteiger partial charge is 0.493 e. The topological polar surface area (TPSA) is 36.9 Å². The van der Waals surface area contributed by atoms with Crippen LogP contribution in [0.3, 0.4) is 0 Å². The van der Waals surface area contributed by atoms with Crippen LogP contribution >= 0.6 is 12.6 Å². The molecule has 0 N–H and O–H groups in total. The van der Waals surface area contributed by atoms with E-state index in [0.29, 0.717) is 23.9 Å². The molecule has 21 heavy (non-hydrogen) atoms. The normalized spacial score (nSPS) is 16.6. The molecular formula is C16H24O4S. The van der Waals surface area contributed by atoms with E-state index >= 15 is 0 Å². The van der Waals surface area contributed by atoms with Gasteiger partial charge in [-0.05, 0) is 18.6 Å². The van der Waals surface area contributed by atoms with Crippen LogP contribution < -0.4 is 18.9 Å². The second-order valence-corrected chi connectivity index (χ2v) is 5.83. The maximum absolute atomic E-state index is 6.00. The first-order chi connectivity index (χ1) is 10.2. The Hall–Kier alpha value is -1.23. The molecular weight excluding hydrogens is 288 g/mol. The van der Waals surface area contributed by atoms with Crippen molar-refractivity contribution in [3.8, 4) is 23.0 Å². The van der Waals surface area contributed by atoms with Crippen LogP contribution in [0.4, 0.5) is 0 Å². The molecule has 0 amide bonds. The monoisotopic (exact) mass is 312 g/mol. The molecule has 1 fully saturated rings. The van der Waals surface area contributed by atoms with Crippen LogP contribution in [-0.4, -0.2) is 33.7 Å². The molecule has 1 saturated carbocycles. The maximum Gasteiger partial charge on any atom is 0.203 e. The standard InChI is InChI=1S/C16H24O4S/c1-17-13-8-12(9-14(18-2)15(13)19-3)20-10-16(11-21)6-4-5-7-16/h8-9,21H,4-7,10-11H2,1-3H3. The molecule has 0 bridgehead atoms. The lowest BCUT2D eigenvalue weighted by Gasteiger charge is -2.27. The Morgan fingerprint density at radius 2 is 1.57 bits per heavy atom. The Morgan fingerprint density at radius 3 is 2.00 bits per heavy atom. The van der Waals surface area contributed by atoms with Gasteiger partial charge in [-0.3, -0.25) is 0 Å². The number of benzene rings is 1. The van der Waals surface area contributed by atoms with Crippen molar-refractivity contribution in [2.75, 3.05) is 33.7 Å². The average Bonchev–Trinajstić information content (AvgIpc) is 3.01. The van der Waals surface area contributed by atoms with E-state index in [-0.39, 0.29) is 5.41 Å². The first-order valence-electron chi connectivity index (χ1n) is 7.22. The summed E-state index contributed by atoms with van der Waals surface area (Å²) in [5.74, 6) is 3.39. The lowest BCUT2D eigenvalue weighted by Crippen LogP contribution is -2.27. The van der Waals surface area contributed by atoms with Gasteiger partial charge in [-0.15, -0.1) is 0 Å². The summed E-state index contributed by atoms with van der Waals surface area (Å²) in [6, 6.07) is 3.67. The minimum Gasteiger partial charge on any atom is -0.493 e. The van der Waals surface area contributed by atoms with E-state index < -0.39 is 0 Å². The highest BCUT2D eigenvalue weighted by atomic mass is 32.1. The van der Waals surface area contributed by atoms with Crippen LogP contribution in [0.15, 0.2) is 12.1 Å². The molecule has 0 saturated heterocycles. The Labute approximate surface area is 132 Å². The van der Waals surface area contributed by atoms with Crippen LogP contribution in [-0.2, 0) is 0 Å². The average molecular weight is 312 g/mol. The van der Waals surface area contributed by atoms with Crippen LogP contribution in [0.25, 0.3) is 0 Å². The van der Waals surface area contributed by atoms with Gasteiger partial charge >= 0.3 is 0 Å². The third-order valence-electron chi connectivity index (χ3n) is 4.18. The third-order valence-corrected chi connectivity index (χ3v) is 4.85. The second-order valence-electron chi connectivity index (χ2n) is 5.51. The van der Waals surface area contributed by atoms with Crippen molar-refractivity contribution in [3.05, 3.63) is 12.1 Å². The fourth-order valence-corrected chi connectivity index (χ4v) is 3.26. The molecule has 1 aliphatic rings. The van der Waals surface area contributed by atoms with E-state index in [2.05, 4.69) is 12.6 Å². The van der Waals surface area contributed by atoms with E-state index in [4.69, 9.17) is 18.9 Å². The van der Waals surface area contributed by atoms with Crippen molar-refractivity contribution in [1.29, 1.82) is 0 Å². The van der Waals surface area contributed by atoms with E-state index in [0.717, 1.165) is 11.5 Å². The molecule has 0 radical (unpaired) electrons. The Bertz CT molecular complexity index is 444. The molecule has 0 heterocycles. The van der Waals surface area contributed by atoms with Crippen molar-refractivity contribution in [1.82, 2.24) is 0 Å². The summed E-state index contributed by atoms with van der Waals surface area (Å²) < 4.78 is 22.0. The Morgan fingerprint density at radius 1 is 1.00 bits per heavy atom. The van der Waals surface area contributed by atoms with Crippen LogP contribution in [0, 0.1) is 5.41 Å². The van der Waals surface area contributed by atoms with Gasteiger partial charge in [0.1, 0.15) is 5.75 Å². The Balaban J connectivity index is 2.16. The highest BCUT2D eigenvalue weighted by Crippen LogP contribution is 2.43.